The van der Waals surface area contributed by atoms with Gasteiger partial charge in [-0.25, -0.2) is 4.79 Å². The number of ether oxygens (including phenoxy) is 3. The van der Waals surface area contributed by atoms with E-state index in [1.807, 2.05) is 0 Å². The molecule has 0 heterocycles. The van der Waals surface area contributed by atoms with Crippen LogP contribution in [0.1, 0.15) is 118 Å². The van der Waals surface area contributed by atoms with Crippen LogP contribution in [0.5, 0.6) is 0 Å². The number of carbonyl (C=O) groups excluding carboxylic acids is 3. The lowest BCUT2D eigenvalue weighted by Crippen LogP contribution is -2.57. The van der Waals surface area contributed by atoms with E-state index in [0.29, 0.717) is 17.3 Å². The lowest BCUT2D eigenvalue weighted by Gasteiger charge is -2.61. The summed E-state index contributed by atoms with van der Waals surface area (Å²) >= 11 is 0. The maximum atomic E-state index is 12.9. The zero-order valence-electron chi connectivity index (χ0n) is 38.1. The summed E-state index contributed by atoms with van der Waals surface area (Å²) in [6, 6.07) is 0. The molecule has 17 heteroatoms. The first kappa shape index (κ1) is 51.1. The van der Waals surface area contributed by atoms with Crippen LogP contribution >= 0.6 is 0 Å². The first-order valence-corrected chi connectivity index (χ1v) is 23.0. The van der Waals surface area contributed by atoms with E-state index < -0.39 is 81.6 Å². The summed E-state index contributed by atoms with van der Waals surface area (Å²) in [5.41, 5.74) is 0.648. The molecule has 354 valence electrons. The van der Waals surface area contributed by atoms with Crippen molar-refractivity contribution in [1.82, 2.24) is 20.0 Å². The van der Waals surface area contributed by atoms with E-state index in [1.165, 1.54) is 63.3 Å². The van der Waals surface area contributed by atoms with Gasteiger partial charge in [0, 0.05) is 20.1 Å². The Morgan fingerprint density at radius 3 is 2.05 bits per heavy atom. The first-order valence-electron chi connectivity index (χ1n) is 23.0. The summed E-state index contributed by atoms with van der Waals surface area (Å²) in [5.74, 6) is -0.313. The number of aliphatic carboxylic acids is 3. The van der Waals surface area contributed by atoms with Crippen molar-refractivity contribution < 1.29 is 63.4 Å². The monoisotopic (exact) mass is 881 g/mol. The molecule has 4 aliphatic carbocycles. The van der Waals surface area contributed by atoms with E-state index >= 15 is 0 Å². The number of nitrogens with zero attached hydrogens (tertiary/aromatic N) is 3. The van der Waals surface area contributed by atoms with Crippen molar-refractivity contribution in [3.63, 3.8) is 0 Å². The van der Waals surface area contributed by atoms with Crippen LogP contribution in [0.2, 0.25) is 0 Å². The highest BCUT2D eigenvalue weighted by molar-refractivity contribution is 5.78. The van der Waals surface area contributed by atoms with Gasteiger partial charge < -0.3 is 40.0 Å². The fourth-order valence-corrected chi connectivity index (χ4v) is 12.3. The number of likely N-dealkylation sites (N-methyl/N-ethyl adjacent to an activating group) is 1. The van der Waals surface area contributed by atoms with Gasteiger partial charge in [-0.05, 0) is 110 Å². The molecule has 0 aromatic heterocycles. The number of nitrogens with one attached hydrogen (secondary N) is 1. The van der Waals surface area contributed by atoms with Crippen LogP contribution in [-0.2, 0) is 38.2 Å². The third-order valence-electron chi connectivity index (χ3n) is 15.4. The predicted molar refractivity (Wildman–Crippen MR) is 227 cm³/mol. The van der Waals surface area contributed by atoms with Gasteiger partial charge in [-0.1, -0.05) is 53.9 Å². The Morgan fingerprint density at radius 2 is 1.42 bits per heavy atom. The van der Waals surface area contributed by atoms with Gasteiger partial charge in [-0.15, -0.1) is 0 Å². The summed E-state index contributed by atoms with van der Waals surface area (Å²) in [7, 11) is 1.36. The van der Waals surface area contributed by atoms with E-state index in [0.717, 1.165) is 65.1 Å². The highest BCUT2D eigenvalue weighted by atomic mass is 16.7. The normalized spacial score (nSPS) is 29.0. The maximum Gasteiger partial charge on any atom is 0.508 e. The Morgan fingerprint density at radius 1 is 0.758 bits per heavy atom. The molecular weight excluding hydrogens is 805 g/mol. The molecule has 0 radical (unpaired) electrons. The average molecular weight is 881 g/mol. The number of hydrogen-bond donors (Lipinski definition) is 5. The number of carbonyl (C=O) groups is 6. The van der Waals surface area contributed by atoms with Crippen LogP contribution in [0.3, 0.4) is 0 Å². The number of aliphatic hydroxyl groups excluding tert-OH is 1. The van der Waals surface area contributed by atoms with Crippen molar-refractivity contribution in [3.05, 3.63) is 0 Å². The smallest absolute Gasteiger partial charge is 0.480 e. The Balaban J connectivity index is 1.29. The highest BCUT2D eigenvalue weighted by Gasteiger charge is 2.60. The van der Waals surface area contributed by atoms with E-state index in [2.05, 4.69) is 39.9 Å². The van der Waals surface area contributed by atoms with Crippen molar-refractivity contribution in [3.8, 4) is 0 Å². The molecule has 1 amide bonds. The van der Waals surface area contributed by atoms with Gasteiger partial charge in [0.25, 0.3) is 0 Å². The Labute approximate surface area is 367 Å². The number of carboxylic acids is 3. The van der Waals surface area contributed by atoms with Crippen LogP contribution < -0.4 is 5.32 Å². The maximum absolute atomic E-state index is 12.9. The third kappa shape index (κ3) is 13.7. The molecular formula is C45H76N4O13. The second-order valence-corrected chi connectivity index (χ2v) is 19.6. The number of amides is 1. The van der Waals surface area contributed by atoms with Gasteiger partial charge in [0.05, 0.1) is 45.5 Å². The zero-order valence-corrected chi connectivity index (χ0v) is 38.1. The van der Waals surface area contributed by atoms with Crippen molar-refractivity contribution in [2.75, 3.05) is 66.3 Å². The van der Waals surface area contributed by atoms with E-state index in [9.17, 15) is 49.2 Å². The van der Waals surface area contributed by atoms with E-state index in [4.69, 9.17) is 14.2 Å². The molecule has 0 bridgehead atoms. The molecule has 4 saturated carbocycles. The average Bonchev–Trinajstić information content (AvgIpc) is 3.55. The Bertz CT molecular complexity index is 1520. The van der Waals surface area contributed by atoms with Gasteiger partial charge >= 0.3 is 30.0 Å². The Hall–Kier alpha value is -3.54. The number of esters is 1. The molecule has 62 heavy (non-hydrogen) atoms. The molecule has 0 aromatic carbocycles. The summed E-state index contributed by atoms with van der Waals surface area (Å²) in [6.07, 6.45) is 11.4. The molecule has 7 unspecified atom stereocenters. The second kappa shape index (κ2) is 23.4. The summed E-state index contributed by atoms with van der Waals surface area (Å²) in [4.78, 5) is 76.6. The number of fused-ring (bicyclic) bond motifs is 5. The molecule has 4 aliphatic rings. The fraction of sp³-hybridized carbons (Fsp3) is 0.867. The topological polar surface area (TPSA) is 233 Å². The van der Waals surface area contributed by atoms with Crippen molar-refractivity contribution in [2.45, 2.75) is 130 Å². The predicted octanol–water partition coefficient (Wildman–Crippen LogP) is 4.74. The fourth-order valence-electron chi connectivity index (χ4n) is 12.3. The van der Waals surface area contributed by atoms with Gasteiger partial charge in [0.15, 0.2) is 0 Å². The largest absolute Gasteiger partial charge is 0.508 e. The van der Waals surface area contributed by atoms with Crippen LogP contribution in [0.15, 0.2) is 0 Å². The zero-order chi connectivity index (χ0) is 45.8. The summed E-state index contributed by atoms with van der Waals surface area (Å²) < 4.78 is 16.5. The van der Waals surface area contributed by atoms with Crippen molar-refractivity contribution in [2.24, 2.45) is 52.3 Å². The van der Waals surface area contributed by atoms with Gasteiger partial charge in [-0.3, -0.25) is 38.7 Å². The number of rotatable bonds is 25. The summed E-state index contributed by atoms with van der Waals surface area (Å²) in [5, 5.41) is 40.4. The standard InChI is InChI=1S/C45H76N4O13/c1-29(2)8-7-9-30(3)34-12-13-35-33-11-10-31-22-32(14-17-44(31,4)36(33)15-18-45(34,35)5)62-43(59)60-21-16-42(58)61-27-38(49(25-40(54)55)26-41(56)57)48(23-37(51)46-6)20-19-47(28-50)24-39(52)53/h29-36,38,50H,7-28H2,1-6H3,(H,46,51)(H,52,53)(H,54,55)(H,56,57)/t30-,31?,32?,33?,34?,35?,36?,38?,44+,45-/m1/s1. The lowest BCUT2D eigenvalue weighted by atomic mass is 9.44. The van der Waals surface area contributed by atoms with Gasteiger partial charge in [0.2, 0.25) is 5.91 Å². The molecule has 0 aromatic rings. The lowest BCUT2D eigenvalue weighted by molar-refractivity contribution is -0.153. The second-order valence-electron chi connectivity index (χ2n) is 19.6. The highest BCUT2D eigenvalue weighted by Crippen LogP contribution is 2.68. The molecule has 4 rings (SSSR count). The van der Waals surface area contributed by atoms with Crippen LogP contribution in [-0.4, -0.2) is 150 Å². The van der Waals surface area contributed by atoms with E-state index in [-0.39, 0.29) is 37.6 Å². The van der Waals surface area contributed by atoms with Crippen molar-refractivity contribution in [1.29, 1.82) is 0 Å². The van der Waals surface area contributed by atoms with Crippen LogP contribution in [0, 0.1) is 52.3 Å². The molecule has 5 N–H and O–H groups in total. The third-order valence-corrected chi connectivity index (χ3v) is 15.4. The minimum Gasteiger partial charge on any atom is -0.480 e. The Kier molecular flexibility index (Phi) is 19.3. The minimum absolute atomic E-state index is 0.116. The van der Waals surface area contributed by atoms with Crippen LogP contribution in [0.25, 0.3) is 0 Å². The molecule has 0 aliphatic heterocycles. The summed E-state index contributed by atoms with van der Waals surface area (Å²) in [6.45, 7) is 7.89. The van der Waals surface area contributed by atoms with Crippen molar-refractivity contribution >= 4 is 35.9 Å². The first-order chi connectivity index (χ1) is 29.3. The molecule has 0 saturated heterocycles. The quantitative estimate of drug-likeness (QED) is 0.0615. The molecule has 17 nitrogen and oxygen atoms in total. The number of carboxylic acid groups (broad SMARTS) is 3. The number of aliphatic hydroxyl groups is 1. The number of hydrogen-bond acceptors (Lipinski definition) is 13. The molecule has 10 atom stereocenters. The minimum atomic E-state index is -1.39. The molecule has 4 fully saturated rings. The molecule has 0 spiro atoms. The SMILES string of the molecule is CNC(=O)CN(CCN(CO)CC(=O)O)C(COC(=O)CCOC(=O)OC1CC[C@@]2(C)C(CCC3C2CC[C@@]2(C)C3CCC2[C@H](C)CCCC(C)C)C1)N(CC(=O)O)CC(=O)O. The van der Waals surface area contributed by atoms with Gasteiger partial charge in [-0.2, -0.15) is 0 Å². The van der Waals surface area contributed by atoms with Crippen LogP contribution in [0.4, 0.5) is 4.79 Å². The van der Waals surface area contributed by atoms with Gasteiger partial charge in [0.1, 0.15) is 19.3 Å². The van der Waals surface area contributed by atoms with E-state index in [1.54, 1.807) is 0 Å².